The molecule has 0 spiro atoms. The molecule has 0 fully saturated rings. The minimum absolute atomic E-state index is 0.0815. The number of nitrogens with one attached hydrogen (secondary N) is 1. The number of carbonyl (C=O) groups is 2. The maximum Gasteiger partial charge on any atom is 0.274 e. The number of aliphatic hydroxyl groups excluding tert-OH is 1. The summed E-state index contributed by atoms with van der Waals surface area (Å²) in [6.07, 6.45) is 3.14. The summed E-state index contributed by atoms with van der Waals surface area (Å²) < 4.78 is 16.0. The van der Waals surface area contributed by atoms with Gasteiger partial charge in [-0.1, -0.05) is 30.3 Å². The van der Waals surface area contributed by atoms with E-state index in [1.165, 1.54) is 18.3 Å². The van der Waals surface area contributed by atoms with Crippen molar-refractivity contribution >= 4 is 23.0 Å². The number of fused-ring (bicyclic) bond motifs is 2. The first kappa shape index (κ1) is 20.1. The number of aliphatic hydroxyl groups is 1. The van der Waals surface area contributed by atoms with Crippen molar-refractivity contribution in [1.29, 1.82) is 0 Å². The van der Waals surface area contributed by atoms with Crippen LogP contribution in [0.5, 0.6) is 0 Å². The Morgan fingerprint density at radius 1 is 1.12 bits per heavy atom. The lowest BCUT2D eigenvalue weighted by atomic mass is 9.94. The van der Waals surface area contributed by atoms with Gasteiger partial charge in [0.2, 0.25) is 0 Å². The van der Waals surface area contributed by atoms with Gasteiger partial charge in [-0.15, -0.1) is 0 Å². The largest absolute Gasteiger partial charge is 0.388 e. The number of benzene rings is 2. The zero-order valence-electron chi connectivity index (χ0n) is 17.0. The molecule has 0 radical (unpaired) electrons. The van der Waals surface area contributed by atoms with Crippen molar-refractivity contribution < 1.29 is 19.1 Å². The van der Waals surface area contributed by atoms with Gasteiger partial charge in [-0.3, -0.25) is 14.0 Å². The van der Waals surface area contributed by atoms with Crippen molar-refractivity contribution in [3.05, 3.63) is 101 Å². The third-order valence-electron chi connectivity index (χ3n) is 5.94. The van der Waals surface area contributed by atoms with E-state index >= 15 is 0 Å². The monoisotopic (exact) mass is 429 g/mol. The Balaban J connectivity index is 1.34. The van der Waals surface area contributed by atoms with Crippen LogP contribution in [-0.4, -0.2) is 26.2 Å². The summed E-state index contributed by atoms with van der Waals surface area (Å²) in [6.45, 7) is 0. The highest BCUT2D eigenvalue weighted by Crippen LogP contribution is 2.38. The van der Waals surface area contributed by atoms with Crippen LogP contribution in [0.3, 0.4) is 0 Å². The maximum absolute atomic E-state index is 14.4. The van der Waals surface area contributed by atoms with Crippen molar-refractivity contribution in [2.24, 2.45) is 5.92 Å². The molecular formula is C25H20FN3O3. The van der Waals surface area contributed by atoms with Crippen LogP contribution < -0.4 is 5.32 Å². The highest BCUT2D eigenvalue weighted by molar-refractivity contribution is 6.04. The molecule has 0 unspecified atom stereocenters. The van der Waals surface area contributed by atoms with E-state index in [0.29, 0.717) is 12.1 Å². The van der Waals surface area contributed by atoms with E-state index in [9.17, 15) is 19.1 Å². The SMILES string of the molecule is O=C(C[C@@H]1Cc2ccccc2[C@H]1O)c1ccc(F)c(NC(=O)c2cnc3ccccn23)c1. The van der Waals surface area contributed by atoms with Crippen molar-refractivity contribution in [1.82, 2.24) is 9.38 Å². The fourth-order valence-corrected chi connectivity index (χ4v) is 4.28. The number of Topliss-reactive ketones (excluding diaryl/α,β-unsaturated/α-hetero) is 1. The summed E-state index contributed by atoms with van der Waals surface area (Å²) in [4.78, 5) is 29.8. The van der Waals surface area contributed by atoms with Crippen LogP contribution >= 0.6 is 0 Å². The summed E-state index contributed by atoms with van der Waals surface area (Å²) >= 11 is 0. The quantitative estimate of drug-likeness (QED) is 0.466. The minimum Gasteiger partial charge on any atom is -0.388 e. The second-order valence-corrected chi connectivity index (χ2v) is 7.96. The number of aromatic nitrogens is 2. The highest BCUT2D eigenvalue weighted by Gasteiger charge is 2.32. The lowest BCUT2D eigenvalue weighted by molar-refractivity contribution is 0.0840. The minimum atomic E-state index is -0.704. The molecule has 0 bridgehead atoms. The molecule has 1 aliphatic rings. The Kier molecular flexibility index (Phi) is 5.03. The molecule has 7 heteroatoms. The second kappa shape index (κ2) is 8.01. The molecule has 6 nitrogen and oxygen atoms in total. The molecule has 5 rings (SSSR count). The van der Waals surface area contributed by atoms with Crippen molar-refractivity contribution in [3.63, 3.8) is 0 Å². The van der Waals surface area contributed by atoms with Gasteiger partial charge in [0, 0.05) is 24.1 Å². The van der Waals surface area contributed by atoms with E-state index in [0.717, 1.165) is 17.2 Å². The smallest absolute Gasteiger partial charge is 0.274 e. The zero-order chi connectivity index (χ0) is 22.2. The molecule has 2 aromatic heterocycles. The molecule has 2 aromatic carbocycles. The van der Waals surface area contributed by atoms with Gasteiger partial charge in [0.05, 0.1) is 18.0 Å². The molecule has 32 heavy (non-hydrogen) atoms. The van der Waals surface area contributed by atoms with Crippen LogP contribution in [0.15, 0.2) is 73.1 Å². The zero-order valence-corrected chi connectivity index (χ0v) is 17.0. The summed E-state index contributed by atoms with van der Waals surface area (Å²) in [5.74, 6) is -1.63. The van der Waals surface area contributed by atoms with Crippen molar-refractivity contribution in [2.45, 2.75) is 18.9 Å². The number of hydrogen-bond acceptors (Lipinski definition) is 4. The molecule has 0 saturated carbocycles. The number of halogens is 1. The van der Waals surface area contributed by atoms with Crippen LogP contribution in [0.2, 0.25) is 0 Å². The Morgan fingerprint density at radius 2 is 1.94 bits per heavy atom. The van der Waals surface area contributed by atoms with Crippen LogP contribution in [-0.2, 0) is 6.42 Å². The van der Waals surface area contributed by atoms with Crippen LogP contribution in [0.4, 0.5) is 10.1 Å². The Hall–Kier alpha value is -3.84. The fraction of sp³-hybridized carbons (Fsp3) is 0.160. The summed E-state index contributed by atoms with van der Waals surface area (Å²) in [7, 11) is 0. The van der Waals surface area contributed by atoms with Gasteiger partial charge in [0.25, 0.3) is 5.91 Å². The number of nitrogens with zero attached hydrogens (tertiary/aromatic N) is 2. The van der Waals surface area contributed by atoms with Gasteiger partial charge in [0.1, 0.15) is 17.2 Å². The molecule has 1 amide bonds. The molecule has 2 atom stereocenters. The number of ketones is 1. The number of imidazole rings is 1. The van der Waals surface area contributed by atoms with Crippen LogP contribution in [0.1, 0.15) is 44.5 Å². The standard InChI is InChI=1S/C25H20FN3O3/c26-19-9-8-16(22(30)13-17-11-15-5-1-2-6-18(15)24(17)31)12-20(19)28-25(32)21-14-27-23-7-3-4-10-29(21)23/h1-10,12,14,17,24,31H,11,13H2,(H,28,32)/t17-,24-/m0/s1. The lowest BCUT2D eigenvalue weighted by Crippen LogP contribution is -2.16. The Labute approximate surface area is 183 Å². The molecule has 2 N–H and O–H groups in total. The first-order chi connectivity index (χ1) is 15.5. The highest BCUT2D eigenvalue weighted by atomic mass is 19.1. The number of amides is 1. The van der Waals surface area contributed by atoms with Gasteiger partial charge in [0.15, 0.2) is 5.78 Å². The summed E-state index contributed by atoms with van der Waals surface area (Å²) in [5, 5.41) is 13.1. The lowest BCUT2D eigenvalue weighted by Gasteiger charge is -2.15. The molecule has 0 aliphatic heterocycles. The van der Waals surface area contributed by atoms with Gasteiger partial charge in [-0.05, 0) is 47.9 Å². The predicted molar refractivity (Wildman–Crippen MR) is 117 cm³/mol. The van der Waals surface area contributed by atoms with Crippen LogP contribution in [0, 0.1) is 11.7 Å². The van der Waals surface area contributed by atoms with Gasteiger partial charge >= 0.3 is 0 Å². The average Bonchev–Trinajstić information content (AvgIpc) is 3.37. The first-order valence-electron chi connectivity index (χ1n) is 10.3. The molecule has 0 saturated heterocycles. The van der Waals surface area contributed by atoms with Gasteiger partial charge < -0.3 is 10.4 Å². The van der Waals surface area contributed by atoms with Gasteiger partial charge in [-0.2, -0.15) is 0 Å². The third-order valence-corrected chi connectivity index (χ3v) is 5.94. The predicted octanol–water partition coefficient (Wildman–Crippen LogP) is 4.20. The molecular weight excluding hydrogens is 409 g/mol. The summed E-state index contributed by atoms with van der Waals surface area (Å²) in [5.41, 5.74) is 2.94. The van der Waals surface area contributed by atoms with Crippen LogP contribution in [0.25, 0.3) is 5.65 Å². The molecule has 2 heterocycles. The Bertz CT molecular complexity index is 1350. The van der Waals surface area contributed by atoms with E-state index < -0.39 is 17.8 Å². The van der Waals surface area contributed by atoms with E-state index in [1.807, 2.05) is 24.3 Å². The van der Waals surface area contributed by atoms with E-state index in [2.05, 4.69) is 10.3 Å². The normalized spacial score (nSPS) is 17.3. The maximum atomic E-state index is 14.4. The molecule has 160 valence electrons. The number of pyridine rings is 1. The summed E-state index contributed by atoms with van der Waals surface area (Å²) in [6, 6.07) is 16.8. The fourth-order valence-electron chi connectivity index (χ4n) is 4.28. The topological polar surface area (TPSA) is 83.7 Å². The first-order valence-corrected chi connectivity index (χ1v) is 10.3. The van der Waals surface area contributed by atoms with Crippen molar-refractivity contribution in [3.8, 4) is 0 Å². The second-order valence-electron chi connectivity index (χ2n) is 7.96. The van der Waals surface area contributed by atoms with E-state index in [-0.39, 0.29) is 35.1 Å². The van der Waals surface area contributed by atoms with Gasteiger partial charge in [-0.25, -0.2) is 9.37 Å². The number of anilines is 1. The number of hydrogen-bond donors (Lipinski definition) is 2. The van der Waals surface area contributed by atoms with E-state index in [1.54, 1.807) is 28.8 Å². The number of carbonyl (C=O) groups excluding carboxylic acids is 2. The Morgan fingerprint density at radius 3 is 2.78 bits per heavy atom. The number of rotatable bonds is 5. The van der Waals surface area contributed by atoms with E-state index in [4.69, 9.17) is 0 Å². The molecule has 1 aliphatic carbocycles. The average molecular weight is 429 g/mol. The van der Waals surface area contributed by atoms with Crippen molar-refractivity contribution in [2.75, 3.05) is 5.32 Å². The third kappa shape index (κ3) is 3.56. The molecule has 4 aromatic rings.